The van der Waals surface area contributed by atoms with Crippen LogP contribution in [0.3, 0.4) is 0 Å². The van der Waals surface area contributed by atoms with Crippen LogP contribution in [0.15, 0.2) is 0 Å². The highest BCUT2D eigenvalue weighted by atomic mass is 16.5. The Bertz CT molecular complexity index is 388. The Morgan fingerprint density at radius 1 is 0.870 bits per heavy atom. The normalized spacial score (nSPS) is 48.0. The third-order valence-corrected chi connectivity index (χ3v) is 7.82. The van der Waals surface area contributed by atoms with Crippen LogP contribution in [0.4, 0.5) is 0 Å². The third kappa shape index (κ3) is 2.87. The number of rotatable bonds is 3. The van der Waals surface area contributed by atoms with E-state index in [0.29, 0.717) is 5.54 Å². The molecule has 0 spiro atoms. The first-order valence-electron chi connectivity index (χ1n) is 10.3. The van der Waals surface area contributed by atoms with Crippen LogP contribution in [0, 0.1) is 23.7 Å². The molecule has 23 heavy (non-hydrogen) atoms. The van der Waals surface area contributed by atoms with Crippen molar-refractivity contribution < 1.29 is 4.74 Å². The second-order valence-corrected chi connectivity index (χ2v) is 9.51. The molecule has 6 fully saturated rings. The molecule has 130 valence electrons. The zero-order valence-corrected chi connectivity index (χ0v) is 14.7. The summed E-state index contributed by atoms with van der Waals surface area (Å²) in [6.45, 7) is 8.57. The standard InChI is InChI=1S/C20H34N2O/c1-2-16(15-23-7-1)14-21-3-5-22(6-4-21)20-11-17-8-18(12-20)10-19(9-17)13-20/h16-19H,1-15H2. The second-order valence-electron chi connectivity index (χ2n) is 9.51. The van der Waals surface area contributed by atoms with E-state index in [4.69, 9.17) is 4.74 Å². The topological polar surface area (TPSA) is 15.7 Å². The van der Waals surface area contributed by atoms with Crippen molar-refractivity contribution in [3.8, 4) is 0 Å². The first-order chi connectivity index (χ1) is 11.3. The highest BCUT2D eigenvalue weighted by molar-refractivity contribution is 5.08. The van der Waals surface area contributed by atoms with Gasteiger partial charge in [-0.15, -0.1) is 0 Å². The van der Waals surface area contributed by atoms with E-state index in [-0.39, 0.29) is 0 Å². The summed E-state index contributed by atoms with van der Waals surface area (Å²) in [6, 6.07) is 0. The lowest BCUT2D eigenvalue weighted by atomic mass is 9.52. The minimum atomic E-state index is 0.634. The fourth-order valence-corrected chi connectivity index (χ4v) is 7.17. The molecule has 6 aliphatic rings. The van der Waals surface area contributed by atoms with Gasteiger partial charge in [-0.25, -0.2) is 0 Å². The zero-order valence-electron chi connectivity index (χ0n) is 14.7. The molecule has 3 nitrogen and oxygen atoms in total. The molecule has 4 aliphatic carbocycles. The smallest absolute Gasteiger partial charge is 0.0506 e. The number of hydrogen-bond acceptors (Lipinski definition) is 3. The number of piperazine rings is 1. The van der Waals surface area contributed by atoms with Crippen molar-refractivity contribution in [3.05, 3.63) is 0 Å². The van der Waals surface area contributed by atoms with E-state index in [1.807, 2.05) is 0 Å². The fraction of sp³-hybridized carbons (Fsp3) is 1.00. The van der Waals surface area contributed by atoms with Gasteiger partial charge in [0.2, 0.25) is 0 Å². The maximum absolute atomic E-state index is 5.67. The van der Waals surface area contributed by atoms with E-state index < -0.39 is 0 Å². The van der Waals surface area contributed by atoms with E-state index in [1.165, 1.54) is 64.8 Å². The summed E-state index contributed by atoms with van der Waals surface area (Å²) in [5, 5.41) is 0. The van der Waals surface area contributed by atoms with Crippen molar-refractivity contribution in [1.82, 2.24) is 9.80 Å². The molecule has 0 aromatic heterocycles. The molecule has 2 saturated heterocycles. The molecule has 0 radical (unpaired) electrons. The summed E-state index contributed by atoms with van der Waals surface area (Å²) in [5.74, 6) is 4.05. The quantitative estimate of drug-likeness (QED) is 0.795. The van der Waals surface area contributed by atoms with E-state index in [2.05, 4.69) is 9.80 Å². The Hall–Kier alpha value is -0.120. The van der Waals surface area contributed by atoms with Gasteiger partial charge in [0.15, 0.2) is 0 Å². The van der Waals surface area contributed by atoms with Crippen molar-refractivity contribution in [2.24, 2.45) is 23.7 Å². The predicted octanol–water partition coefficient (Wildman–Crippen LogP) is 3.00. The molecule has 0 N–H and O–H groups in total. The lowest BCUT2D eigenvalue weighted by molar-refractivity contribution is -0.103. The van der Waals surface area contributed by atoms with Gasteiger partial charge in [0.05, 0.1) is 6.61 Å². The summed E-state index contributed by atoms with van der Waals surface area (Å²) in [7, 11) is 0. The Balaban J connectivity index is 1.18. The fourth-order valence-electron chi connectivity index (χ4n) is 7.17. The minimum absolute atomic E-state index is 0.634. The van der Waals surface area contributed by atoms with Crippen LogP contribution in [-0.2, 0) is 4.74 Å². The van der Waals surface area contributed by atoms with E-state index in [0.717, 1.165) is 36.9 Å². The Kier molecular flexibility index (Phi) is 3.95. The van der Waals surface area contributed by atoms with Crippen molar-refractivity contribution in [1.29, 1.82) is 0 Å². The molecule has 1 unspecified atom stereocenters. The molecule has 3 heteroatoms. The molecule has 1 atom stereocenters. The van der Waals surface area contributed by atoms with Gasteiger partial charge < -0.3 is 9.64 Å². The van der Waals surface area contributed by atoms with Crippen molar-refractivity contribution in [3.63, 3.8) is 0 Å². The lowest BCUT2D eigenvalue weighted by Gasteiger charge is -2.61. The Morgan fingerprint density at radius 2 is 1.52 bits per heavy atom. The van der Waals surface area contributed by atoms with E-state index in [1.54, 1.807) is 19.3 Å². The molecule has 2 aliphatic heterocycles. The van der Waals surface area contributed by atoms with Crippen LogP contribution in [0.2, 0.25) is 0 Å². The molecule has 0 aromatic carbocycles. The van der Waals surface area contributed by atoms with Gasteiger partial charge in [-0.05, 0) is 75.0 Å². The summed E-state index contributed by atoms with van der Waals surface area (Å²) in [4.78, 5) is 5.68. The maximum Gasteiger partial charge on any atom is 0.0506 e. The lowest BCUT2D eigenvalue weighted by Crippen LogP contribution is -2.64. The Labute approximate surface area is 141 Å². The van der Waals surface area contributed by atoms with Crippen molar-refractivity contribution >= 4 is 0 Å². The highest BCUT2D eigenvalue weighted by Gasteiger charge is 2.53. The molecular formula is C20H34N2O. The third-order valence-electron chi connectivity index (χ3n) is 7.82. The summed E-state index contributed by atoms with van der Waals surface area (Å²) < 4.78 is 5.67. The van der Waals surface area contributed by atoms with Gasteiger partial charge in [0.1, 0.15) is 0 Å². The highest BCUT2D eigenvalue weighted by Crippen LogP contribution is 2.57. The van der Waals surface area contributed by atoms with E-state index in [9.17, 15) is 0 Å². The van der Waals surface area contributed by atoms with Gasteiger partial charge in [-0.3, -0.25) is 4.90 Å². The summed E-state index contributed by atoms with van der Waals surface area (Å²) in [5.41, 5.74) is 0.634. The van der Waals surface area contributed by atoms with Gasteiger partial charge in [0, 0.05) is 44.9 Å². The van der Waals surface area contributed by atoms with Crippen LogP contribution in [-0.4, -0.2) is 61.3 Å². The van der Waals surface area contributed by atoms with Crippen molar-refractivity contribution in [2.45, 2.75) is 56.9 Å². The van der Waals surface area contributed by atoms with Crippen LogP contribution < -0.4 is 0 Å². The first-order valence-corrected chi connectivity index (χ1v) is 10.3. The summed E-state index contributed by atoms with van der Waals surface area (Å²) in [6.07, 6.45) is 12.0. The van der Waals surface area contributed by atoms with Gasteiger partial charge in [-0.1, -0.05) is 0 Å². The second kappa shape index (κ2) is 6.00. The van der Waals surface area contributed by atoms with Gasteiger partial charge >= 0.3 is 0 Å². The maximum atomic E-state index is 5.67. The van der Waals surface area contributed by atoms with Crippen LogP contribution in [0.25, 0.3) is 0 Å². The molecule has 2 heterocycles. The Morgan fingerprint density at radius 3 is 2.09 bits per heavy atom. The molecule has 0 aromatic rings. The predicted molar refractivity (Wildman–Crippen MR) is 92.5 cm³/mol. The van der Waals surface area contributed by atoms with E-state index >= 15 is 0 Å². The van der Waals surface area contributed by atoms with Gasteiger partial charge in [-0.2, -0.15) is 0 Å². The number of ether oxygens (including phenoxy) is 1. The van der Waals surface area contributed by atoms with Gasteiger partial charge in [0.25, 0.3) is 0 Å². The monoisotopic (exact) mass is 318 g/mol. The molecule has 4 saturated carbocycles. The van der Waals surface area contributed by atoms with Crippen LogP contribution >= 0.6 is 0 Å². The molecule has 6 rings (SSSR count). The largest absolute Gasteiger partial charge is 0.381 e. The minimum Gasteiger partial charge on any atom is -0.381 e. The number of nitrogens with zero attached hydrogens (tertiary/aromatic N) is 2. The van der Waals surface area contributed by atoms with Crippen LogP contribution in [0.1, 0.15) is 51.4 Å². The van der Waals surface area contributed by atoms with Crippen molar-refractivity contribution in [2.75, 3.05) is 45.9 Å². The summed E-state index contributed by atoms with van der Waals surface area (Å²) >= 11 is 0. The average molecular weight is 319 g/mol. The SMILES string of the molecule is C1COCC(CN2CCN(C34CC5CC(CC(C5)C3)C4)CC2)C1. The molecule has 4 bridgehead atoms. The molecule has 0 amide bonds. The van der Waals surface area contributed by atoms with Crippen LogP contribution in [0.5, 0.6) is 0 Å². The average Bonchev–Trinajstić information content (AvgIpc) is 2.55. The number of hydrogen-bond donors (Lipinski definition) is 0. The first kappa shape index (κ1) is 15.2. The zero-order chi connectivity index (χ0) is 15.3. The molecular weight excluding hydrogens is 284 g/mol.